The van der Waals surface area contributed by atoms with Crippen molar-refractivity contribution in [3.05, 3.63) is 64.6 Å². The van der Waals surface area contributed by atoms with Crippen molar-refractivity contribution in [2.45, 2.75) is 31.3 Å². The van der Waals surface area contributed by atoms with E-state index in [0.29, 0.717) is 11.4 Å². The van der Waals surface area contributed by atoms with Crippen molar-refractivity contribution in [3.63, 3.8) is 0 Å². The van der Waals surface area contributed by atoms with Gasteiger partial charge >= 0.3 is 0 Å². The van der Waals surface area contributed by atoms with E-state index in [2.05, 4.69) is 15.9 Å². The van der Waals surface area contributed by atoms with Crippen LogP contribution in [0, 0.1) is 0 Å². The van der Waals surface area contributed by atoms with E-state index in [1.54, 1.807) is 18.2 Å². The van der Waals surface area contributed by atoms with Crippen LogP contribution in [0.15, 0.2) is 64.0 Å². The highest BCUT2D eigenvalue weighted by molar-refractivity contribution is 9.10. The fraction of sp³-hybridized carbons (Fsp3) is 0.250. The Morgan fingerprint density at radius 2 is 1.71 bits per heavy atom. The lowest BCUT2D eigenvalue weighted by Gasteiger charge is -2.26. The Labute approximate surface area is 134 Å². The molecule has 0 atom stereocenters. The lowest BCUT2D eigenvalue weighted by atomic mass is 10.2. The fourth-order valence-corrected chi connectivity index (χ4v) is 4.29. The number of hydrogen-bond acceptors (Lipinski definition) is 2. The molecule has 0 radical (unpaired) electrons. The lowest BCUT2D eigenvalue weighted by Crippen LogP contribution is -2.36. The van der Waals surface area contributed by atoms with Crippen molar-refractivity contribution >= 4 is 26.0 Å². The van der Waals surface area contributed by atoms with Crippen molar-refractivity contribution in [3.8, 4) is 0 Å². The summed E-state index contributed by atoms with van der Waals surface area (Å²) < 4.78 is 27.9. The minimum absolute atomic E-state index is 0.116. The van der Waals surface area contributed by atoms with Gasteiger partial charge in [0, 0.05) is 17.1 Å². The third-order valence-corrected chi connectivity index (χ3v) is 5.67. The maximum atomic E-state index is 12.8. The summed E-state index contributed by atoms with van der Waals surface area (Å²) >= 11 is 3.32. The summed E-state index contributed by atoms with van der Waals surface area (Å²) in [5, 5.41) is 0. The van der Waals surface area contributed by atoms with Gasteiger partial charge in [0.2, 0.25) is 10.0 Å². The Balaban J connectivity index is 2.37. The molecule has 0 saturated carbocycles. The summed E-state index contributed by atoms with van der Waals surface area (Å²) in [5.74, 6) is 0. The van der Waals surface area contributed by atoms with Crippen LogP contribution in [0.2, 0.25) is 0 Å². The first kappa shape index (κ1) is 16.2. The van der Waals surface area contributed by atoms with Crippen LogP contribution < -0.4 is 0 Å². The van der Waals surface area contributed by atoms with Crippen LogP contribution in [0.4, 0.5) is 0 Å². The molecule has 0 aliphatic heterocycles. The molecule has 112 valence electrons. The zero-order valence-corrected chi connectivity index (χ0v) is 14.4. The molecule has 3 nitrogen and oxygen atoms in total. The van der Waals surface area contributed by atoms with Crippen molar-refractivity contribution in [1.29, 1.82) is 0 Å². The summed E-state index contributed by atoms with van der Waals surface area (Å²) in [4.78, 5) is 0.307. The smallest absolute Gasteiger partial charge is 0.207 e. The Morgan fingerprint density at radius 3 is 2.29 bits per heavy atom. The molecule has 5 heteroatoms. The maximum absolute atomic E-state index is 12.8. The summed E-state index contributed by atoms with van der Waals surface area (Å²) in [6, 6.07) is 16.3. The largest absolute Gasteiger partial charge is 0.243 e. The molecule has 21 heavy (non-hydrogen) atoms. The van der Waals surface area contributed by atoms with Crippen LogP contribution in [0.3, 0.4) is 0 Å². The van der Waals surface area contributed by atoms with Gasteiger partial charge in [0.25, 0.3) is 0 Å². The monoisotopic (exact) mass is 367 g/mol. The van der Waals surface area contributed by atoms with Crippen molar-refractivity contribution in [1.82, 2.24) is 4.31 Å². The van der Waals surface area contributed by atoms with E-state index < -0.39 is 10.0 Å². The second-order valence-electron chi connectivity index (χ2n) is 5.09. The minimum atomic E-state index is -3.52. The standard InChI is InChI=1S/C16H18BrNO2S/c1-13(2)18(12-14-7-4-3-5-8-14)21(19,20)16-10-6-9-15(17)11-16/h3-11,13H,12H2,1-2H3. The first-order valence-electron chi connectivity index (χ1n) is 6.72. The molecule has 0 bridgehead atoms. The van der Waals surface area contributed by atoms with E-state index >= 15 is 0 Å². The Kier molecular flexibility index (Phi) is 5.19. The molecule has 2 aromatic rings. The van der Waals surface area contributed by atoms with Crippen LogP contribution in [0.1, 0.15) is 19.4 Å². The van der Waals surface area contributed by atoms with Gasteiger partial charge in [0.15, 0.2) is 0 Å². The summed E-state index contributed by atoms with van der Waals surface area (Å²) in [5.41, 5.74) is 0.977. The molecule has 0 N–H and O–H groups in total. The van der Waals surface area contributed by atoms with Gasteiger partial charge in [-0.1, -0.05) is 52.3 Å². The van der Waals surface area contributed by atoms with Crippen LogP contribution in [-0.2, 0) is 16.6 Å². The van der Waals surface area contributed by atoms with Crippen molar-refractivity contribution in [2.24, 2.45) is 0 Å². The van der Waals surface area contributed by atoms with Crippen LogP contribution in [-0.4, -0.2) is 18.8 Å². The molecule has 0 aliphatic carbocycles. The third-order valence-electron chi connectivity index (χ3n) is 3.16. The Morgan fingerprint density at radius 1 is 1.05 bits per heavy atom. The van der Waals surface area contributed by atoms with Gasteiger partial charge in [-0.15, -0.1) is 0 Å². The van der Waals surface area contributed by atoms with Crippen LogP contribution in [0.5, 0.6) is 0 Å². The lowest BCUT2D eigenvalue weighted by molar-refractivity contribution is 0.348. The number of nitrogens with zero attached hydrogens (tertiary/aromatic N) is 1. The minimum Gasteiger partial charge on any atom is -0.207 e. The van der Waals surface area contributed by atoms with Crippen molar-refractivity contribution in [2.75, 3.05) is 0 Å². The van der Waals surface area contributed by atoms with Gasteiger partial charge in [-0.3, -0.25) is 0 Å². The summed E-state index contributed by atoms with van der Waals surface area (Å²) in [6.07, 6.45) is 0. The van der Waals surface area contributed by atoms with E-state index in [4.69, 9.17) is 0 Å². The van der Waals surface area contributed by atoms with E-state index in [1.807, 2.05) is 50.2 Å². The molecule has 0 saturated heterocycles. The number of rotatable bonds is 5. The second kappa shape index (κ2) is 6.73. The van der Waals surface area contributed by atoms with E-state index in [1.165, 1.54) is 4.31 Å². The zero-order valence-electron chi connectivity index (χ0n) is 12.0. The van der Waals surface area contributed by atoms with E-state index in [0.717, 1.165) is 10.0 Å². The van der Waals surface area contributed by atoms with Gasteiger partial charge in [-0.05, 0) is 37.6 Å². The Hall–Kier alpha value is -1.17. The van der Waals surface area contributed by atoms with Crippen LogP contribution in [0.25, 0.3) is 0 Å². The third kappa shape index (κ3) is 3.93. The number of halogens is 1. The predicted octanol–water partition coefficient (Wildman–Crippen LogP) is 4.05. The topological polar surface area (TPSA) is 37.4 Å². The first-order chi connectivity index (χ1) is 9.91. The van der Waals surface area contributed by atoms with E-state index in [9.17, 15) is 8.42 Å². The normalized spacial score (nSPS) is 12.0. The Bertz CT molecular complexity index is 699. The molecule has 0 aliphatic rings. The van der Waals surface area contributed by atoms with Gasteiger partial charge in [0.1, 0.15) is 0 Å². The van der Waals surface area contributed by atoms with Gasteiger partial charge < -0.3 is 0 Å². The average molecular weight is 368 g/mol. The first-order valence-corrected chi connectivity index (χ1v) is 8.96. The molecule has 0 spiro atoms. The quantitative estimate of drug-likeness (QED) is 0.799. The maximum Gasteiger partial charge on any atom is 0.243 e. The van der Waals surface area contributed by atoms with Crippen LogP contribution >= 0.6 is 15.9 Å². The highest BCUT2D eigenvalue weighted by Gasteiger charge is 2.27. The molecule has 0 amide bonds. The summed E-state index contributed by atoms with van der Waals surface area (Å²) in [6.45, 7) is 4.14. The predicted molar refractivity (Wildman–Crippen MR) is 88.4 cm³/mol. The number of sulfonamides is 1. The number of hydrogen-bond donors (Lipinski definition) is 0. The second-order valence-corrected chi connectivity index (χ2v) is 7.89. The van der Waals surface area contributed by atoms with Crippen molar-refractivity contribution < 1.29 is 8.42 Å². The zero-order chi connectivity index (χ0) is 15.5. The highest BCUT2D eigenvalue weighted by Crippen LogP contribution is 2.23. The molecule has 0 fully saturated rings. The number of benzene rings is 2. The molecule has 0 heterocycles. The summed E-state index contributed by atoms with van der Waals surface area (Å²) in [7, 11) is -3.52. The molecular formula is C16H18BrNO2S. The SMILES string of the molecule is CC(C)N(Cc1ccccc1)S(=O)(=O)c1cccc(Br)c1. The van der Waals surface area contributed by atoms with E-state index in [-0.39, 0.29) is 6.04 Å². The average Bonchev–Trinajstić information content (AvgIpc) is 2.45. The molecular weight excluding hydrogens is 350 g/mol. The molecule has 0 aromatic heterocycles. The van der Waals surface area contributed by atoms with Gasteiger partial charge in [-0.2, -0.15) is 4.31 Å². The van der Waals surface area contributed by atoms with Gasteiger partial charge in [-0.25, -0.2) is 8.42 Å². The highest BCUT2D eigenvalue weighted by atomic mass is 79.9. The fourth-order valence-electron chi connectivity index (χ4n) is 2.07. The molecule has 0 unspecified atom stereocenters. The van der Waals surface area contributed by atoms with Gasteiger partial charge in [0.05, 0.1) is 4.90 Å². The molecule has 2 aromatic carbocycles. The molecule has 2 rings (SSSR count).